The van der Waals surface area contributed by atoms with Crippen molar-refractivity contribution in [1.29, 1.82) is 0 Å². The van der Waals surface area contributed by atoms with E-state index >= 15 is 0 Å². The van der Waals surface area contributed by atoms with Gasteiger partial charge in [-0.3, -0.25) is 4.68 Å². The van der Waals surface area contributed by atoms with Crippen molar-refractivity contribution in [2.75, 3.05) is 0 Å². The highest BCUT2D eigenvalue weighted by molar-refractivity contribution is 6.30. The molecule has 1 heterocycles. The van der Waals surface area contributed by atoms with Gasteiger partial charge in [0.25, 0.3) is 0 Å². The van der Waals surface area contributed by atoms with Crippen molar-refractivity contribution in [3.63, 3.8) is 0 Å². The highest BCUT2D eigenvalue weighted by atomic mass is 35.5. The van der Waals surface area contributed by atoms with Gasteiger partial charge in [-0.15, -0.1) is 0 Å². The molecule has 1 saturated carbocycles. The largest absolute Gasteiger partial charge is 0.310 e. The SMILES string of the molecule is CCc1nn(C)cc1CNC1CC(c2cccc(Cl)c2)C1. The van der Waals surface area contributed by atoms with Crippen LogP contribution >= 0.6 is 11.6 Å². The monoisotopic (exact) mass is 303 g/mol. The van der Waals surface area contributed by atoms with Crippen molar-refractivity contribution in [2.24, 2.45) is 7.05 Å². The third kappa shape index (κ3) is 3.30. The number of nitrogens with one attached hydrogen (secondary N) is 1. The second-order valence-electron chi connectivity index (χ2n) is 5.93. The highest BCUT2D eigenvalue weighted by Crippen LogP contribution is 2.37. The van der Waals surface area contributed by atoms with Crippen LogP contribution in [0.5, 0.6) is 0 Å². The van der Waals surface area contributed by atoms with E-state index < -0.39 is 0 Å². The summed E-state index contributed by atoms with van der Waals surface area (Å²) in [7, 11) is 1.99. The first-order chi connectivity index (χ1) is 10.2. The summed E-state index contributed by atoms with van der Waals surface area (Å²) in [5.41, 5.74) is 3.90. The molecular formula is C17H22ClN3. The Morgan fingerprint density at radius 3 is 2.90 bits per heavy atom. The van der Waals surface area contributed by atoms with E-state index in [4.69, 9.17) is 11.6 Å². The van der Waals surface area contributed by atoms with Crippen LogP contribution in [0.1, 0.15) is 42.5 Å². The third-order valence-corrected chi connectivity index (χ3v) is 4.60. The third-order valence-electron chi connectivity index (χ3n) is 4.37. The van der Waals surface area contributed by atoms with Crippen LogP contribution < -0.4 is 5.32 Å². The predicted molar refractivity (Wildman–Crippen MR) is 86.6 cm³/mol. The van der Waals surface area contributed by atoms with Crippen LogP contribution in [0.15, 0.2) is 30.5 Å². The van der Waals surface area contributed by atoms with Gasteiger partial charge in [0, 0.05) is 36.4 Å². The molecule has 1 aliphatic rings. The topological polar surface area (TPSA) is 29.9 Å². The summed E-state index contributed by atoms with van der Waals surface area (Å²) in [6.07, 6.45) is 5.51. The predicted octanol–water partition coefficient (Wildman–Crippen LogP) is 3.67. The van der Waals surface area contributed by atoms with E-state index in [1.807, 2.05) is 23.9 Å². The molecule has 112 valence electrons. The zero-order valence-corrected chi connectivity index (χ0v) is 13.4. The smallest absolute Gasteiger partial charge is 0.0666 e. The van der Waals surface area contributed by atoms with Crippen molar-refractivity contribution < 1.29 is 0 Å². The minimum absolute atomic E-state index is 0.610. The number of aryl methyl sites for hydroxylation is 2. The van der Waals surface area contributed by atoms with Gasteiger partial charge in [-0.25, -0.2) is 0 Å². The molecule has 1 aliphatic carbocycles. The zero-order valence-electron chi connectivity index (χ0n) is 12.6. The van der Waals surface area contributed by atoms with Crippen molar-refractivity contribution in [3.8, 4) is 0 Å². The summed E-state index contributed by atoms with van der Waals surface area (Å²) in [5.74, 6) is 0.653. The molecule has 0 aliphatic heterocycles. The van der Waals surface area contributed by atoms with Crippen LogP contribution in [-0.2, 0) is 20.0 Å². The maximum Gasteiger partial charge on any atom is 0.0666 e. The number of halogens is 1. The van der Waals surface area contributed by atoms with Gasteiger partial charge in [0.2, 0.25) is 0 Å². The summed E-state index contributed by atoms with van der Waals surface area (Å²) in [6.45, 7) is 3.08. The van der Waals surface area contributed by atoms with Gasteiger partial charge < -0.3 is 5.32 Å². The molecule has 0 unspecified atom stereocenters. The molecule has 2 aromatic rings. The van der Waals surface area contributed by atoms with Crippen LogP contribution in [0.3, 0.4) is 0 Å². The quantitative estimate of drug-likeness (QED) is 0.913. The van der Waals surface area contributed by atoms with E-state index in [2.05, 4.69) is 35.7 Å². The molecule has 1 N–H and O–H groups in total. The molecule has 0 atom stereocenters. The lowest BCUT2D eigenvalue weighted by Gasteiger charge is -2.36. The first-order valence-corrected chi connectivity index (χ1v) is 8.03. The number of hydrogen-bond acceptors (Lipinski definition) is 2. The molecule has 1 aromatic carbocycles. The van der Waals surface area contributed by atoms with E-state index in [0.717, 1.165) is 18.0 Å². The van der Waals surface area contributed by atoms with Crippen LogP contribution in [0.2, 0.25) is 5.02 Å². The summed E-state index contributed by atoms with van der Waals surface area (Å²) in [5, 5.41) is 8.98. The minimum atomic E-state index is 0.610. The van der Waals surface area contributed by atoms with Crippen LogP contribution in [0.25, 0.3) is 0 Å². The van der Waals surface area contributed by atoms with Crippen molar-refractivity contribution in [3.05, 3.63) is 52.3 Å². The molecule has 0 radical (unpaired) electrons. The molecule has 21 heavy (non-hydrogen) atoms. The molecule has 1 aromatic heterocycles. The van der Waals surface area contributed by atoms with Gasteiger partial charge in [-0.05, 0) is 42.9 Å². The van der Waals surface area contributed by atoms with Gasteiger partial charge >= 0.3 is 0 Å². The Morgan fingerprint density at radius 2 is 2.19 bits per heavy atom. The summed E-state index contributed by atoms with van der Waals surface area (Å²) in [4.78, 5) is 0. The number of rotatable bonds is 5. The molecule has 3 nitrogen and oxygen atoms in total. The zero-order chi connectivity index (χ0) is 14.8. The summed E-state index contributed by atoms with van der Waals surface area (Å²) in [6, 6.07) is 8.87. The Bertz CT molecular complexity index is 614. The van der Waals surface area contributed by atoms with E-state index in [1.54, 1.807) is 0 Å². The van der Waals surface area contributed by atoms with Gasteiger partial charge in [0.15, 0.2) is 0 Å². The Morgan fingerprint density at radius 1 is 1.38 bits per heavy atom. The van der Waals surface area contributed by atoms with Crippen molar-refractivity contribution in [1.82, 2.24) is 15.1 Å². The van der Waals surface area contributed by atoms with Crippen molar-refractivity contribution in [2.45, 2.75) is 44.7 Å². The fraction of sp³-hybridized carbons (Fsp3) is 0.471. The normalized spacial score (nSPS) is 21.3. The first kappa shape index (κ1) is 14.6. The van der Waals surface area contributed by atoms with E-state index in [1.165, 1.54) is 29.7 Å². The van der Waals surface area contributed by atoms with E-state index in [0.29, 0.717) is 12.0 Å². The molecule has 1 fully saturated rings. The first-order valence-electron chi connectivity index (χ1n) is 7.66. The Labute approximate surface area is 131 Å². The second-order valence-corrected chi connectivity index (χ2v) is 6.37. The Kier molecular flexibility index (Phi) is 4.32. The van der Waals surface area contributed by atoms with Gasteiger partial charge in [0.1, 0.15) is 0 Å². The molecular weight excluding hydrogens is 282 g/mol. The number of aromatic nitrogens is 2. The lowest BCUT2D eigenvalue weighted by atomic mass is 9.76. The van der Waals surface area contributed by atoms with Crippen LogP contribution in [0.4, 0.5) is 0 Å². The average Bonchev–Trinajstić information content (AvgIpc) is 2.77. The molecule has 0 bridgehead atoms. The molecule has 0 amide bonds. The average molecular weight is 304 g/mol. The van der Waals surface area contributed by atoms with E-state index in [-0.39, 0.29) is 0 Å². The fourth-order valence-corrected chi connectivity index (χ4v) is 3.30. The fourth-order valence-electron chi connectivity index (χ4n) is 3.10. The second kappa shape index (κ2) is 6.20. The molecule has 4 heteroatoms. The lowest BCUT2D eigenvalue weighted by Crippen LogP contribution is -2.39. The Hall–Kier alpha value is -1.32. The molecule has 0 spiro atoms. The van der Waals surface area contributed by atoms with Gasteiger partial charge in [-0.1, -0.05) is 30.7 Å². The maximum atomic E-state index is 6.06. The Balaban J connectivity index is 1.51. The van der Waals surface area contributed by atoms with Crippen LogP contribution in [0, 0.1) is 0 Å². The van der Waals surface area contributed by atoms with E-state index in [9.17, 15) is 0 Å². The van der Waals surface area contributed by atoms with Crippen molar-refractivity contribution >= 4 is 11.6 Å². The number of nitrogens with zero attached hydrogens (tertiary/aromatic N) is 2. The summed E-state index contributed by atoms with van der Waals surface area (Å²) >= 11 is 6.06. The van der Waals surface area contributed by atoms with Gasteiger partial charge in [-0.2, -0.15) is 5.10 Å². The maximum absolute atomic E-state index is 6.06. The standard InChI is InChI=1S/C17H22ClN3/c1-3-17-14(11-21(2)20-17)10-19-16-8-13(9-16)12-5-4-6-15(18)7-12/h4-7,11,13,16,19H,3,8-10H2,1-2H3. The van der Waals surface area contributed by atoms with Gasteiger partial charge in [0.05, 0.1) is 5.69 Å². The summed E-state index contributed by atoms with van der Waals surface area (Å²) < 4.78 is 1.91. The molecule has 3 rings (SSSR count). The minimum Gasteiger partial charge on any atom is -0.310 e. The highest BCUT2D eigenvalue weighted by Gasteiger charge is 2.30. The molecule has 0 saturated heterocycles. The number of hydrogen-bond donors (Lipinski definition) is 1. The number of benzene rings is 1. The lowest BCUT2D eigenvalue weighted by molar-refractivity contribution is 0.289. The van der Waals surface area contributed by atoms with Crippen LogP contribution in [-0.4, -0.2) is 15.8 Å².